The van der Waals surface area contributed by atoms with Crippen molar-refractivity contribution < 1.29 is 49.9 Å². The monoisotopic (exact) mass is 909 g/mol. The molecule has 0 aliphatic heterocycles. The summed E-state index contributed by atoms with van der Waals surface area (Å²) in [4.78, 5) is 1.74. The predicted octanol–water partition coefficient (Wildman–Crippen LogP) is 16.9. The van der Waals surface area contributed by atoms with Crippen molar-refractivity contribution in [2.24, 2.45) is 11.8 Å². The third-order valence-electron chi connectivity index (χ3n) is 11.7. The molecule has 2 atom stereocenters. The first-order valence-electron chi connectivity index (χ1n) is 35.7. The lowest BCUT2D eigenvalue weighted by Crippen LogP contribution is -2.35. The molecule has 0 spiro atoms. The Morgan fingerprint density at radius 3 is 1.29 bits per heavy atom. The Morgan fingerprint density at radius 2 is 0.779 bits per heavy atom. The molecule has 4 heteroatoms. The Kier molecular flexibility index (Phi) is 5.12. The van der Waals surface area contributed by atoms with Gasteiger partial charge in [0, 0.05) is 34.3 Å². The van der Waals surface area contributed by atoms with E-state index in [1.54, 1.807) is 12.2 Å². The summed E-state index contributed by atoms with van der Waals surface area (Å²) in [6.45, 7) is 0. The van der Waals surface area contributed by atoms with Crippen molar-refractivity contribution in [2.45, 2.75) is 0 Å². The van der Waals surface area contributed by atoms with E-state index in [0.717, 1.165) is 21.9 Å². The standard InChI is InChI=1S/C64H44F2N2/c65-57-41-49(43-19-7-1-8-20-43)39-55(45-23-11-3-12-24-45)63(57)67(51-27-15-5-16-28-51)59-37-33-47-32-36-54-60(38-34-48-31-35-53(59)61(47)62(48)54)68(52-29-17-6-18-30-52)64-56(46-25-13-4-14-26-46)40-50(42-58(64)66)44-21-9-2-10-22-44/h1-42,61-62H/i1D,2D,3D,4D,5D,6D,7D,8D,9D,10D,11D,12D,13D,14D,15D,16D,17D,18D,19D,20D,21D,22D,23D,24D,25D,26D,27D,28D,29D,30D. The molecule has 0 saturated heterocycles. The quantitative estimate of drug-likeness (QED) is 0.135. The van der Waals surface area contributed by atoms with Crippen LogP contribution in [0.1, 0.15) is 41.1 Å². The second kappa shape index (κ2) is 17.3. The molecule has 0 bridgehead atoms. The highest BCUT2D eigenvalue weighted by atomic mass is 19.1. The Balaban J connectivity index is 1.17. The van der Waals surface area contributed by atoms with Gasteiger partial charge >= 0.3 is 0 Å². The van der Waals surface area contributed by atoms with E-state index in [-0.39, 0.29) is 22.5 Å². The van der Waals surface area contributed by atoms with E-state index in [9.17, 15) is 11.0 Å². The molecule has 0 aromatic heterocycles. The highest BCUT2D eigenvalue weighted by molar-refractivity contribution is 5.92. The smallest absolute Gasteiger partial charge is 0.148 e. The van der Waals surface area contributed by atoms with Crippen LogP contribution in [0, 0.1) is 23.5 Å². The summed E-state index contributed by atoms with van der Waals surface area (Å²) in [6.07, 6.45) is 11.9. The zero-order valence-electron chi connectivity index (χ0n) is 64.7. The van der Waals surface area contributed by atoms with Gasteiger partial charge in [-0.1, -0.05) is 194 Å². The Morgan fingerprint density at radius 1 is 0.368 bits per heavy atom. The minimum Gasteiger partial charge on any atom is -0.307 e. The molecule has 324 valence electrons. The summed E-state index contributed by atoms with van der Waals surface area (Å²) in [5.41, 5.74) is -7.86. The van der Waals surface area contributed by atoms with Crippen molar-refractivity contribution in [3.05, 3.63) is 299 Å². The summed E-state index contributed by atoms with van der Waals surface area (Å²) < 4.78 is 304. The van der Waals surface area contributed by atoms with Gasteiger partial charge in [0.15, 0.2) is 0 Å². The SMILES string of the molecule is [2H]c1c([2H])c([2H])c(-c2cc(F)c(N(C3=CC=C4C=CC5=C(N(c6c(F)cc(-c7c([2H])c([2H])c([2H])c([2H])c7[2H])cc6-c6c([2H])c([2H])c([2H])c([2H])c6[2H])c6c([2H])c([2H])c([2H])c([2H])c6[2H])C=CC6=CC=C3C4C65)c3c([2H])c([2H])c([2H])c([2H])c3[2H])c(-c3c([2H])c([2H])c([2H])c([2H])c3[2H])c2)c([2H])c1[2H]. The maximum Gasteiger partial charge on any atom is 0.148 e. The van der Waals surface area contributed by atoms with Crippen molar-refractivity contribution in [2.75, 3.05) is 9.80 Å². The Labute approximate surface area is 438 Å². The summed E-state index contributed by atoms with van der Waals surface area (Å²) in [6, 6.07) is -24.2. The lowest BCUT2D eigenvalue weighted by molar-refractivity contribution is 0.550. The molecule has 0 radical (unpaired) electrons. The third-order valence-corrected chi connectivity index (χ3v) is 11.7. The van der Waals surface area contributed by atoms with Crippen molar-refractivity contribution in [3.63, 3.8) is 0 Å². The van der Waals surface area contributed by atoms with Crippen LogP contribution in [0.3, 0.4) is 0 Å². The van der Waals surface area contributed by atoms with Crippen LogP contribution in [0.15, 0.2) is 288 Å². The van der Waals surface area contributed by atoms with Crippen LogP contribution in [-0.2, 0) is 0 Å². The predicted molar refractivity (Wildman–Crippen MR) is 276 cm³/mol. The average Bonchev–Trinajstić information content (AvgIpc) is 0.712. The van der Waals surface area contributed by atoms with Gasteiger partial charge in [-0.2, -0.15) is 0 Å². The molecular weight excluding hydrogens is 835 g/mol. The van der Waals surface area contributed by atoms with E-state index < -0.39 is 272 Å². The van der Waals surface area contributed by atoms with Crippen LogP contribution in [0.2, 0.25) is 0 Å². The number of allylic oxidation sites excluding steroid dienone is 12. The molecule has 8 aromatic carbocycles. The summed E-state index contributed by atoms with van der Waals surface area (Å²) >= 11 is 0. The second-order valence-corrected chi connectivity index (χ2v) is 15.3. The van der Waals surface area contributed by atoms with E-state index in [4.69, 9.17) is 30.2 Å². The number of hydrogen-bond donors (Lipinski definition) is 0. The molecule has 0 fully saturated rings. The molecule has 2 unspecified atom stereocenters. The second-order valence-electron chi connectivity index (χ2n) is 15.3. The highest BCUT2D eigenvalue weighted by Crippen LogP contribution is 2.55. The van der Waals surface area contributed by atoms with Crippen LogP contribution in [0.5, 0.6) is 0 Å². The van der Waals surface area contributed by atoms with E-state index in [0.29, 0.717) is 23.3 Å². The maximum atomic E-state index is 18.7. The third kappa shape index (κ3) is 7.19. The molecule has 8 aromatic rings. The number of para-hydroxylation sites is 2. The van der Waals surface area contributed by atoms with E-state index in [1.165, 1.54) is 36.5 Å². The Bertz CT molecular complexity index is 5100. The topological polar surface area (TPSA) is 6.48 Å². The van der Waals surface area contributed by atoms with Crippen LogP contribution in [-0.4, -0.2) is 0 Å². The fourth-order valence-electron chi connectivity index (χ4n) is 8.94. The molecule has 0 amide bonds. The van der Waals surface area contributed by atoms with Gasteiger partial charge in [0.05, 0.1) is 63.9 Å². The van der Waals surface area contributed by atoms with Crippen molar-refractivity contribution >= 4 is 22.7 Å². The van der Waals surface area contributed by atoms with Gasteiger partial charge in [0.2, 0.25) is 0 Å². The number of benzene rings is 8. The first-order chi connectivity index (χ1) is 46.0. The summed E-state index contributed by atoms with van der Waals surface area (Å²) in [7, 11) is 0. The fourth-order valence-corrected chi connectivity index (χ4v) is 8.94. The van der Waals surface area contributed by atoms with Crippen LogP contribution >= 0.6 is 0 Å². The molecule has 4 aliphatic carbocycles. The molecule has 12 rings (SSSR count). The van der Waals surface area contributed by atoms with Crippen molar-refractivity contribution in [1.82, 2.24) is 0 Å². The maximum absolute atomic E-state index is 18.7. The minimum absolute atomic E-state index is 0.101. The number of rotatable bonds is 10. The van der Waals surface area contributed by atoms with Gasteiger partial charge in [0.25, 0.3) is 0 Å². The van der Waals surface area contributed by atoms with Crippen LogP contribution < -0.4 is 9.80 Å². The Hall–Kier alpha value is -8.60. The molecule has 68 heavy (non-hydrogen) atoms. The number of halogens is 2. The molecular formula is C64H44F2N2. The summed E-state index contributed by atoms with van der Waals surface area (Å²) in [5, 5.41) is 0. The molecule has 0 saturated carbocycles. The van der Waals surface area contributed by atoms with Crippen molar-refractivity contribution in [1.29, 1.82) is 0 Å². The van der Waals surface area contributed by atoms with Crippen LogP contribution in [0.25, 0.3) is 44.5 Å². The van der Waals surface area contributed by atoms with E-state index in [1.807, 2.05) is 0 Å². The first kappa shape index (κ1) is 20.1. The number of hydrogen-bond acceptors (Lipinski definition) is 2. The lowest BCUT2D eigenvalue weighted by Gasteiger charge is -2.45. The highest BCUT2D eigenvalue weighted by Gasteiger charge is 2.43. The zero-order chi connectivity index (χ0) is 71.7. The van der Waals surface area contributed by atoms with Gasteiger partial charge in [-0.3, -0.25) is 0 Å². The van der Waals surface area contributed by atoms with E-state index in [2.05, 4.69) is 0 Å². The van der Waals surface area contributed by atoms with Gasteiger partial charge in [-0.15, -0.1) is 0 Å². The molecule has 4 aliphatic rings. The van der Waals surface area contributed by atoms with Crippen molar-refractivity contribution in [3.8, 4) is 44.5 Å². The lowest BCUT2D eigenvalue weighted by atomic mass is 9.63. The average molecular weight is 909 g/mol. The van der Waals surface area contributed by atoms with Gasteiger partial charge in [-0.25, -0.2) is 8.78 Å². The summed E-state index contributed by atoms with van der Waals surface area (Å²) in [5.74, 6) is -5.19. The zero-order valence-corrected chi connectivity index (χ0v) is 34.7. The van der Waals surface area contributed by atoms with Gasteiger partial charge in [-0.05, 0) is 116 Å². The first-order valence-corrected chi connectivity index (χ1v) is 20.7. The van der Waals surface area contributed by atoms with E-state index >= 15 is 8.78 Å². The van der Waals surface area contributed by atoms with Gasteiger partial charge < -0.3 is 9.80 Å². The molecule has 0 heterocycles. The normalized spacial score (nSPS) is 22.7. The molecule has 2 nitrogen and oxygen atoms in total. The molecule has 0 N–H and O–H groups in total. The number of anilines is 4. The minimum atomic E-state index is -1.47. The number of nitrogens with zero attached hydrogens (tertiary/aromatic N) is 2. The fraction of sp³-hybridized carbons (Fsp3) is 0.0312. The van der Waals surface area contributed by atoms with Crippen LogP contribution in [0.4, 0.5) is 31.5 Å². The van der Waals surface area contributed by atoms with Gasteiger partial charge in [0.1, 0.15) is 11.6 Å². The largest absolute Gasteiger partial charge is 0.307 e.